The van der Waals surface area contributed by atoms with Crippen molar-refractivity contribution in [3.63, 3.8) is 0 Å². The van der Waals surface area contributed by atoms with E-state index in [0.29, 0.717) is 12.4 Å². The van der Waals surface area contributed by atoms with Gasteiger partial charge in [0.2, 0.25) is 5.96 Å². The van der Waals surface area contributed by atoms with Crippen LogP contribution >= 0.6 is 11.3 Å². The Kier molecular flexibility index (Phi) is 5.25. The van der Waals surface area contributed by atoms with Crippen LogP contribution in [-0.2, 0) is 23.9 Å². The van der Waals surface area contributed by atoms with Crippen LogP contribution in [0.2, 0.25) is 0 Å². The number of nitrogens with zero attached hydrogens (tertiary/aromatic N) is 5. The zero-order chi connectivity index (χ0) is 25.4. The van der Waals surface area contributed by atoms with Gasteiger partial charge in [-0.15, -0.1) is 11.3 Å². The van der Waals surface area contributed by atoms with Crippen LogP contribution < -0.4 is 16.2 Å². The minimum absolute atomic E-state index is 0.0264. The molecule has 190 valence electrons. The van der Waals surface area contributed by atoms with Gasteiger partial charge in [-0.05, 0) is 62.9 Å². The first-order valence-electron chi connectivity index (χ1n) is 12.8. The van der Waals surface area contributed by atoms with Crippen LogP contribution in [-0.4, -0.2) is 38.8 Å². The summed E-state index contributed by atoms with van der Waals surface area (Å²) in [7, 11) is 1.99. The lowest BCUT2D eigenvalue weighted by Gasteiger charge is -2.34. The van der Waals surface area contributed by atoms with Crippen molar-refractivity contribution in [3.8, 4) is 5.82 Å². The zero-order valence-electron chi connectivity index (χ0n) is 22.0. The average Bonchev–Trinajstić information content (AvgIpc) is 3.44. The molecule has 8 nitrogen and oxygen atoms in total. The number of thiazole rings is 1. The molecule has 0 atom stereocenters. The summed E-state index contributed by atoms with van der Waals surface area (Å²) < 4.78 is 3.86. The molecule has 0 bridgehead atoms. The van der Waals surface area contributed by atoms with Crippen LogP contribution in [0.5, 0.6) is 0 Å². The van der Waals surface area contributed by atoms with E-state index in [0.717, 1.165) is 53.8 Å². The highest BCUT2D eigenvalue weighted by molar-refractivity contribution is 7.10. The highest BCUT2D eigenvalue weighted by Crippen LogP contribution is 2.39. The Bertz CT molecular complexity index is 1430. The molecule has 3 aliphatic rings. The summed E-state index contributed by atoms with van der Waals surface area (Å²) >= 11 is 1.64. The number of nitrogens with one attached hydrogen (secondary N) is 2. The van der Waals surface area contributed by atoms with Crippen LogP contribution in [0.4, 0.5) is 11.5 Å². The third kappa shape index (κ3) is 3.89. The second-order valence-corrected chi connectivity index (χ2v) is 12.7. The third-order valence-electron chi connectivity index (χ3n) is 7.36. The summed E-state index contributed by atoms with van der Waals surface area (Å²) in [6.45, 7) is 12.4. The van der Waals surface area contributed by atoms with Crippen LogP contribution in [0, 0.1) is 0 Å². The molecule has 0 radical (unpaired) electrons. The second kappa shape index (κ2) is 8.05. The molecule has 1 saturated carbocycles. The number of aromatic nitrogens is 3. The van der Waals surface area contributed by atoms with Crippen LogP contribution in [0.1, 0.15) is 75.2 Å². The highest BCUT2D eigenvalue weighted by atomic mass is 32.1. The largest absolute Gasteiger partial charge is 0.341 e. The molecule has 4 heterocycles. The van der Waals surface area contributed by atoms with Gasteiger partial charge in [-0.1, -0.05) is 26.8 Å². The number of hydrogen-bond acceptors (Lipinski definition) is 7. The maximum atomic E-state index is 13.5. The van der Waals surface area contributed by atoms with E-state index in [1.807, 2.05) is 21.3 Å². The Hall–Kier alpha value is -2.91. The molecule has 2 aliphatic heterocycles. The summed E-state index contributed by atoms with van der Waals surface area (Å²) in [5.41, 5.74) is 4.43. The maximum Gasteiger partial charge on any atom is 0.274 e. The number of benzene rings is 1. The SMILES string of the molecule is CN1Cc2c(n(-c3csc(C(C)(C)C)n3)n(C3CC3)c2=O)N=C1Nc1ccc2c(c1)CCNC2(C)C. The van der Waals surface area contributed by atoms with Crippen LogP contribution in [0.25, 0.3) is 5.82 Å². The molecule has 2 aromatic heterocycles. The number of rotatable bonds is 3. The predicted molar refractivity (Wildman–Crippen MR) is 146 cm³/mol. The average molecular weight is 506 g/mol. The van der Waals surface area contributed by atoms with Crippen molar-refractivity contribution >= 4 is 28.8 Å². The first-order chi connectivity index (χ1) is 17.0. The minimum Gasteiger partial charge on any atom is -0.341 e. The molecule has 0 spiro atoms. The van der Waals surface area contributed by atoms with Gasteiger partial charge < -0.3 is 15.5 Å². The van der Waals surface area contributed by atoms with Gasteiger partial charge in [0.25, 0.3) is 5.56 Å². The van der Waals surface area contributed by atoms with Crippen molar-refractivity contribution in [1.29, 1.82) is 0 Å². The first kappa shape index (κ1) is 23.5. The summed E-state index contributed by atoms with van der Waals surface area (Å²) in [5.74, 6) is 2.22. The van der Waals surface area contributed by atoms with Crippen LogP contribution in [0.3, 0.4) is 0 Å². The quantitative estimate of drug-likeness (QED) is 0.542. The minimum atomic E-state index is -0.0480. The molecule has 0 amide bonds. The van der Waals surface area contributed by atoms with Crippen molar-refractivity contribution in [1.82, 2.24) is 24.6 Å². The monoisotopic (exact) mass is 505 g/mol. The van der Waals surface area contributed by atoms with Crippen molar-refractivity contribution in [2.45, 2.75) is 77.4 Å². The number of fused-ring (bicyclic) bond motifs is 2. The van der Waals surface area contributed by atoms with Gasteiger partial charge >= 0.3 is 0 Å². The fourth-order valence-corrected chi connectivity index (χ4v) is 6.09. The number of hydrogen-bond donors (Lipinski definition) is 2. The van der Waals surface area contributed by atoms with Gasteiger partial charge in [0, 0.05) is 29.1 Å². The normalized spacial score (nSPS) is 19.1. The molecule has 3 aromatic rings. The van der Waals surface area contributed by atoms with Gasteiger partial charge in [-0.3, -0.25) is 4.79 Å². The number of anilines is 1. The van der Waals surface area contributed by atoms with Gasteiger partial charge in [0.05, 0.1) is 18.2 Å². The Morgan fingerprint density at radius 1 is 1.22 bits per heavy atom. The Balaban J connectivity index is 1.42. The van der Waals surface area contributed by atoms with E-state index >= 15 is 0 Å². The van der Waals surface area contributed by atoms with Crippen molar-refractivity contribution in [3.05, 3.63) is 55.6 Å². The summed E-state index contributed by atoms with van der Waals surface area (Å²) in [4.78, 5) is 25.5. The Morgan fingerprint density at radius 2 is 2.00 bits per heavy atom. The van der Waals surface area contributed by atoms with Gasteiger partial charge in [-0.25, -0.2) is 14.3 Å². The molecule has 1 aliphatic carbocycles. The lowest BCUT2D eigenvalue weighted by atomic mass is 9.85. The maximum absolute atomic E-state index is 13.5. The van der Waals surface area contributed by atoms with E-state index in [4.69, 9.17) is 9.98 Å². The molecular formula is C27H35N7OS. The first-order valence-corrected chi connectivity index (χ1v) is 13.7. The summed E-state index contributed by atoms with van der Waals surface area (Å²) in [6, 6.07) is 6.79. The summed E-state index contributed by atoms with van der Waals surface area (Å²) in [5, 5.41) is 10.2. The van der Waals surface area contributed by atoms with Gasteiger partial charge in [-0.2, -0.15) is 4.99 Å². The second-order valence-electron chi connectivity index (χ2n) is 11.8. The molecule has 2 N–H and O–H groups in total. The molecular weight excluding hydrogens is 470 g/mol. The Morgan fingerprint density at radius 3 is 2.69 bits per heavy atom. The fourth-order valence-electron chi connectivity index (χ4n) is 5.23. The van der Waals surface area contributed by atoms with Crippen LogP contribution in [0.15, 0.2) is 33.4 Å². The molecule has 6 rings (SSSR count). The van der Waals surface area contributed by atoms with E-state index in [1.54, 1.807) is 11.3 Å². The van der Waals surface area contributed by atoms with E-state index in [-0.39, 0.29) is 22.6 Å². The third-order valence-corrected chi connectivity index (χ3v) is 8.62. The van der Waals surface area contributed by atoms with Crippen molar-refractivity contribution in [2.24, 2.45) is 4.99 Å². The van der Waals surface area contributed by atoms with Crippen molar-refractivity contribution in [2.75, 3.05) is 18.9 Å². The highest BCUT2D eigenvalue weighted by Gasteiger charge is 2.36. The summed E-state index contributed by atoms with van der Waals surface area (Å²) in [6.07, 6.45) is 3.04. The lowest BCUT2D eigenvalue weighted by Crippen LogP contribution is -2.42. The number of guanidine groups is 1. The standard InChI is InChI=1S/C27H35N7OS/c1-26(2,3)24-30-21(15-36-24)34-22-19(23(35)33(34)18-8-9-18)14-32(6)25(31-22)29-17-7-10-20-16(13-17)11-12-28-27(20,4)5/h7,10,13,15,18,28H,8-9,11-12,14H2,1-6H3,(H,29,31). The molecule has 1 fully saturated rings. The molecule has 36 heavy (non-hydrogen) atoms. The number of aliphatic imine (C=N–C) groups is 1. The smallest absolute Gasteiger partial charge is 0.274 e. The molecule has 0 saturated heterocycles. The molecule has 9 heteroatoms. The van der Waals surface area contributed by atoms with E-state index in [2.05, 4.69) is 68.8 Å². The predicted octanol–water partition coefficient (Wildman–Crippen LogP) is 4.65. The molecule has 1 aromatic carbocycles. The topological polar surface area (TPSA) is 79.5 Å². The zero-order valence-corrected chi connectivity index (χ0v) is 22.8. The van der Waals surface area contributed by atoms with Crippen molar-refractivity contribution < 1.29 is 0 Å². The van der Waals surface area contributed by atoms with Gasteiger partial charge in [0.1, 0.15) is 5.01 Å². The lowest BCUT2D eigenvalue weighted by molar-refractivity contribution is 0.382. The fraction of sp³-hybridized carbons (Fsp3) is 0.519. The van der Waals surface area contributed by atoms with E-state index in [1.165, 1.54) is 11.1 Å². The molecule has 0 unspecified atom stereocenters. The van der Waals surface area contributed by atoms with E-state index in [9.17, 15) is 4.79 Å². The van der Waals surface area contributed by atoms with Gasteiger partial charge in [0.15, 0.2) is 11.6 Å². The Labute approximate surface area is 216 Å². The van der Waals surface area contributed by atoms with E-state index < -0.39 is 0 Å².